The summed E-state index contributed by atoms with van der Waals surface area (Å²) in [6.07, 6.45) is -0.102. The minimum absolute atomic E-state index is 0.0177. The molecule has 8 nitrogen and oxygen atoms in total. The molecule has 1 heterocycles. The van der Waals surface area contributed by atoms with E-state index in [4.69, 9.17) is 4.74 Å². The zero-order valence-electron chi connectivity index (χ0n) is 20.5. The molecule has 0 aromatic heterocycles. The van der Waals surface area contributed by atoms with E-state index < -0.39 is 36.2 Å². The number of esters is 1. The zero-order chi connectivity index (χ0) is 25.9. The number of anilines is 1. The summed E-state index contributed by atoms with van der Waals surface area (Å²) in [6.45, 7) is 9.58. The summed E-state index contributed by atoms with van der Waals surface area (Å²) in [5.41, 5.74) is 6.54. The maximum Gasteiger partial charge on any atom is 0.311 e. The van der Waals surface area contributed by atoms with E-state index in [9.17, 15) is 19.2 Å². The van der Waals surface area contributed by atoms with Crippen molar-refractivity contribution in [1.29, 1.82) is 0 Å². The monoisotopic (exact) mass is 543 g/mol. The molecule has 1 atom stereocenters. The van der Waals surface area contributed by atoms with Crippen molar-refractivity contribution in [2.75, 3.05) is 18.5 Å². The first kappa shape index (κ1) is 26.4. The van der Waals surface area contributed by atoms with Crippen LogP contribution in [0, 0.1) is 19.8 Å². The zero-order valence-corrected chi connectivity index (χ0v) is 22.1. The Kier molecular flexibility index (Phi) is 8.00. The molecule has 3 amide bonds. The second-order valence-corrected chi connectivity index (χ2v) is 10.5. The van der Waals surface area contributed by atoms with Gasteiger partial charge in [0.2, 0.25) is 5.91 Å². The fourth-order valence-corrected chi connectivity index (χ4v) is 3.98. The highest BCUT2D eigenvalue weighted by Gasteiger charge is 2.36. The lowest BCUT2D eigenvalue weighted by Crippen LogP contribution is -2.43. The predicted molar refractivity (Wildman–Crippen MR) is 136 cm³/mol. The Balaban J connectivity index is 1.50. The lowest BCUT2D eigenvalue weighted by atomic mass is 9.87. The number of hydrogen-bond acceptors (Lipinski definition) is 5. The van der Waals surface area contributed by atoms with Crippen LogP contribution in [0.3, 0.4) is 0 Å². The number of carbonyl (C=O) groups is 4. The van der Waals surface area contributed by atoms with Gasteiger partial charge in [0.05, 0.1) is 12.5 Å². The van der Waals surface area contributed by atoms with Crippen LogP contribution in [0.4, 0.5) is 5.69 Å². The summed E-state index contributed by atoms with van der Waals surface area (Å²) in [7, 11) is 0. The Hall–Kier alpha value is -3.20. The Morgan fingerprint density at radius 1 is 1.09 bits per heavy atom. The van der Waals surface area contributed by atoms with E-state index in [2.05, 4.69) is 47.4 Å². The Morgan fingerprint density at radius 2 is 1.69 bits per heavy atom. The van der Waals surface area contributed by atoms with Crippen molar-refractivity contribution in [3.63, 3.8) is 0 Å². The number of benzene rings is 2. The van der Waals surface area contributed by atoms with Crippen molar-refractivity contribution in [3.8, 4) is 0 Å². The number of halogens is 1. The fourth-order valence-electron chi connectivity index (χ4n) is 3.75. The van der Waals surface area contributed by atoms with Gasteiger partial charge in [-0.3, -0.25) is 29.6 Å². The van der Waals surface area contributed by atoms with E-state index in [1.807, 2.05) is 38.1 Å². The number of nitrogens with zero attached hydrogens (tertiary/aromatic N) is 1. The van der Waals surface area contributed by atoms with E-state index in [1.54, 1.807) is 12.1 Å². The van der Waals surface area contributed by atoms with Gasteiger partial charge in [-0.1, -0.05) is 48.8 Å². The first-order valence-corrected chi connectivity index (χ1v) is 12.1. The van der Waals surface area contributed by atoms with Crippen LogP contribution in [0.2, 0.25) is 0 Å². The summed E-state index contributed by atoms with van der Waals surface area (Å²) in [4.78, 5) is 49.6. The van der Waals surface area contributed by atoms with E-state index in [1.165, 1.54) is 0 Å². The van der Waals surface area contributed by atoms with E-state index in [0.717, 1.165) is 26.2 Å². The topological polar surface area (TPSA) is 105 Å². The third-order valence-corrected chi connectivity index (χ3v) is 7.02. The summed E-state index contributed by atoms with van der Waals surface area (Å²) < 4.78 is 6.09. The molecule has 0 aliphatic carbocycles. The highest BCUT2D eigenvalue weighted by atomic mass is 79.9. The van der Waals surface area contributed by atoms with Gasteiger partial charge in [-0.25, -0.2) is 0 Å². The third kappa shape index (κ3) is 6.69. The SMILES string of the molecule is Cc1cc(NC(=O)COC(=O)[C@@H]2CC(=O)N(NC(=O)c3ccc(C(C)(C)C)cc3)C2)cc(C)c1Br. The Morgan fingerprint density at radius 3 is 2.26 bits per heavy atom. The fraction of sp³-hybridized carbons (Fsp3) is 0.385. The smallest absolute Gasteiger partial charge is 0.311 e. The maximum absolute atomic E-state index is 12.6. The molecule has 186 valence electrons. The first-order chi connectivity index (χ1) is 16.3. The lowest BCUT2D eigenvalue weighted by molar-refractivity contribution is -0.151. The molecule has 0 saturated carbocycles. The number of amides is 3. The summed E-state index contributed by atoms with van der Waals surface area (Å²) in [5.74, 6) is -2.74. The van der Waals surface area contributed by atoms with Crippen LogP contribution in [-0.2, 0) is 24.5 Å². The van der Waals surface area contributed by atoms with Crippen molar-refractivity contribution < 1.29 is 23.9 Å². The molecule has 2 aromatic rings. The second-order valence-electron chi connectivity index (χ2n) is 9.75. The molecule has 1 aliphatic rings. The van der Waals surface area contributed by atoms with Gasteiger partial charge in [-0.05, 0) is 60.2 Å². The average molecular weight is 544 g/mol. The van der Waals surface area contributed by atoms with Crippen molar-refractivity contribution in [1.82, 2.24) is 10.4 Å². The minimum Gasteiger partial charge on any atom is -0.455 e. The molecule has 1 fully saturated rings. The standard InChI is InChI=1S/C26H30BrN3O5/c1-15-10-20(11-16(2)23(15)27)28-21(31)14-35-25(34)18-12-22(32)30(13-18)29-24(33)17-6-8-19(9-7-17)26(3,4)5/h6-11,18H,12-14H2,1-5H3,(H,28,31)(H,29,33)/t18-/m1/s1. The lowest BCUT2D eigenvalue weighted by Gasteiger charge is -2.20. The van der Waals surface area contributed by atoms with Gasteiger partial charge in [-0.15, -0.1) is 0 Å². The number of nitrogens with one attached hydrogen (secondary N) is 2. The van der Waals surface area contributed by atoms with Crippen LogP contribution in [-0.4, -0.2) is 41.9 Å². The van der Waals surface area contributed by atoms with Crippen LogP contribution in [0.25, 0.3) is 0 Å². The van der Waals surface area contributed by atoms with Crippen molar-refractivity contribution in [3.05, 3.63) is 63.1 Å². The molecule has 0 bridgehead atoms. The van der Waals surface area contributed by atoms with Gasteiger partial charge in [-0.2, -0.15) is 0 Å². The highest BCUT2D eigenvalue weighted by Crippen LogP contribution is 2.25. The van der Waals surface area contributed by atoms with E-state index >= 15 is 0 Å². The molecule has 9 heteroatoms. The van der Waals surface area contributed by atoms with Crippen molar-refractivity contribution in [2.24, 2.45) is 5.92 Å². The van der Waals surface area contributed by atoms with Gasteiger partial charge in [0, 0.05) is 22.1 Å². The van der Waals surface area contributed by atoms with Gasteiger partial charge in [0.25, 0.3) is 11.8 Å². The van der Waals surface area contributed by atoms with Crippen LogP contribution < -0.4 is 10.7 Å². The van der Waals surface area contributed by atoms with Gasteiger partial charge in [0.15, 0.2) is 6.61 Å². The number of hydrazine groups is 1. The van der Waals surface area contributed by atoms with Crippen molar-refractivity contribution >= 4 is 45.3 Å². The molecular weight excluding hydrogens is 514 g/mol. The molecule has 2 aromatic carbocycles. The molecule has 0 unspecified atom stereocenters. The normalized spacial score (nSPS) is 15.7. The molecule has 2 N–H and O–H groups in total. The molecular formula is C26H30BrN3O5. The molecule has 3 rings (SSSR count). The number of aryl methyl sites for hydroxylation is 2. The quantitative estimate of drug-likeness (QED) is 0.535. The minimum atomic E-state index is -0.768. The predicted octanol–water partition coefficient (Wildman–Crippen LogP) is 4.04. The van der Waals surface area contributed by atoms with Gasteiger partial charge >= 0.3 is 5.97 Å². The molecule has 1 aliphatic heterocycles. The van der Waals surface area contributed by atoms with Crippen LogP contribution in [0.1, 0.15) is 54.2 Å². The Labute approximate surface area is 213 Å². The summed E-state index contributed by atoms with van der Waals surface area (Å²) in [5, 5.41) is 3.82. The first-order valence-electron chi connectivity index (χ1n) is 11.3. The van der Waals surface area contributed by atoms with Gasteiger partial charge in [0.1, 0.15) is 0 Å². The van der Waals surface area contributed by atoms with E-state index in [-0.39, 0.29) is 18.4 Å². The number of carbonyl (C=O) groups excluding carboxylic acids is 4. The maximum atomic E-state index is 12.6. The Bertz CT molecular complexity index is 1130. The molecule has 1 saturated heterocycles. The van der Waals surface area contributed by atoms with Gasteiger partial charge < -0.3 is 10.1 Å². The van der Waals surface area contributed by atoms with Crippen LogP contribution in [0.15, 0.2) is 40.9 Å². The highest BCUT2D eigenvalue weighted by molar-refractivity contribution is 9.10. The number of hydrogen-bond donors (Lipinski definition) is 2. The third-order valence-electron chi connectivity index (χ3n) is 5.77. The van der Waals surface area contributed by atoms with E-state index in [0.29, 0.717) is 11.3 Å². The van der Waals surface area contributed by atoms with Crippen LogP contribution >= 0.6 is 15.9 Å². The summed E-state index contributed by atoms with van der Waals surface area (Å²) in [6, 6.07) is 10.8. The molecule has 0 radical (unpaired) electrons. The second kappa shape index (κ2) is 10.6. The average Bonchev–Trinajstić information content (AvgIpc) is 3.15. The van der Waals surface area contributed by atoms with Crippen LogP contribution in [0.5, 0.6) is 0 Å². The molecule has 35 heavy (non-hydrogen) atoms. The number of ether oxygens (including phenoxy) is 1. The summed E-state index contributed by atoms with van der Waals surface area (Å²) >= 11 is 3.47. The number of rotatable bonds is 6. The van der Waals surface area contributed by atoms with Crippen molar-refractivity contribution in [2.45, 2.75) is 46.5 Å². The largest absolute Gasteiger partial charge is 0.455 e. The molecule has 0 spiro atoms.